The summed E-state index contributed by atoms with van der Waals surface area (Å²) in [5.74, 6) is -0.176. The van der Waals surface area contributed by atoms with Crippen LogP contribution in [-0.4, -0.2) is 41.9 Å². The first-order valence-electron chi connectivity index (χ1n) is 7.97. The predicted octanol–water partition coefficient (Wildman–Crippen LogP) is 2.92. The summed E-state index contributed by atoms with van der Waals surface area (Å²) < 4.78 is 0. The minimum atomic E-state index is -0.350. The van der Waals surface area contributed by atoms with Gasteiger partial charge in [-0.15, -0.1) is 0 Å². The van der Waals surface area contributed by atoms with E-state index in [0.717, 1.165) is 6.42 Å². The van der Waals surface area contributed by atoms with Crippen molar-refractivity contribution in [2.45, 2.75) is 38.8 Å². The topological polar surface area (TPSA) is 47.3 Å². The fourth-order valence-corrected chi connectivity index (χ4v) is 2.83. The van der Waals surface area contributed by atoms with Crippen molar-refractivity contribution in [1.29, 1.82) is 5.26 Å². The summed E-state index contributed by atoms with van der Waals surface area (Å²) in [4.78, 5) is 16.7. The monoisotopic (exact) mass is 311 g/mol. The molecule has 0 aromatic heterocycles. The van der Waals surface area contributed by atoms with E-state index in [9.17, 15) is 10.1 Å². The molecule has 0 aliphatic carbocycles. The third kappa shape index (κ3) is 3.46. The molecule has 1 unspecified atom stereocenters. The highest BCUT2D eigenvalue weighted by Gasteiger charge is 2.30. The molecule has 1 aromatic carbocycles. The molecule has 4 nitrogen and oxygen atoms in total. The Morgan fingerprint density at radius 3 is 2.65 bits per heavy atom. The van der Waals surface area contributed by atoms with Gasteiger partial charge < -0.3 is 9.80 Å². The zero-order chi connectivity index (χ0) is 17.2. The van der Waals surface area contributed by atoms with Gasteiger partial charge >= 0.3 is 0 Å². The number of rotatable bonds is 3. The van der Waals surface area contributed by atoms with Crippen molar-refractivity contribution in [3.63, 3.8) is 0 Å². The maximum absolute atomic E-state index is 12.9. The summed E-state index contributed by atoms with van der Waals surface area (Å²) in [5, 5.41) is 9.47. The maximum atomic E-state index is 12.9. The van der Waals surface area contributed by atoms with Gasteiger partial charge in [-0.2, -0.15) is 5.26 Å². The van der Waals surface area contributed by atoms with Crippen LogP contribution in [0.4, 0.5) is 0 Å². The number of likely N-dealkylation sites (N-methyl/N-ethyl adjacent to an activating group) is 1. The lowest BCUT2D eigenvalue weighted by atomic mass is 9.92. The molecule has 1 aliphatic heterocycles. The van der Waals surface area contributed by atoms with Crippen molar-refractivity contribution in [2.24, 2.45) is 0 Å². The smallest absolute Gasteiger partial charge is 0.264 e. The van der Waals surface area contributed by atoms with E-state index in [0.29, 0.717) is 6.54 Å². The molecule has 0 radical (unpaired) electrons. The standard InChI is InChI=1S/C19H25N3O/c1-14-17-9-7-6-8-15(17)10-11-22(14)18(23)16(13-20)12-19(2,3)21(4)5/h6-9,12,14H,10-11H2,1-5H3/b16-12+. The Bertz CT molecular complexity index is 667. The fraction of sp³-hybridized carbons (Fsp3) is 0.474. The van der Waals surface area contributed by atoms with E-state index in [1.54, 1.807) is 6.08 Å². The van der Waals surface area contributed by atoms with E-state index in [4.69, 9.17) is 0 Å². The van der Waals surface area contributed by atoms with E-state index in [2.05, 4.69) is 18.2 Å². The summed E-state index contributed by atoms with van der Waals surface area (Å²) >= 11 is 0. The molecule has 1 aliphatic rings. The van der Waals surface area contributed by atoms with E-state index < -0.39 is 0 Å². The molecule has 1 aromatic rings. The minimum absolute atomic E-state index is 0.00771. The molecule has 23 heavy (non-hydrogen) atoms. The lowest BCUT2D eigenvalue weighted by Gasteiger charge is -2.36. The molecule has 0 N–H and O–H groups in total. The molecular weight excluding hydrogens is 286 g/mol. The van der Waals surface area contributed by atoms with Crippen LogP contribution in [0.25, 0.3) is 0 Å². The van der Waals surface area contributed by atoms with Crippen LogP contribution < -0.4 is 0 Å². The van der Waals surface area contributed by atoms with Crippen LogP contribution >= 0.6 is 0 Å². The van der Waals surface area contributed by atoms with E-state index in [1.165, 1.54) is 11.1 Å². The van der Waals surface area contributed by atoms with Crippen LogP contribution in [0.5, 0.6) is 0 Å². The fourth-order valence-electron chi connectivity index (χ4n) is 2.83. The van der Waals surface area contributed by atoms with Gasteiger partial charge in [-0.25, -0.2) is 0 Å². The minimum Gasteiger partial charge on any atom is -0.331 e. The number of nitrogens with zero attached hydrogens (tertiary/aromatic N) is 3. The van der Waals surface area contributed by atoms with Crippen LogP contribution in [0.1, 0.15) is 37.9 Å². The first-order chi connectivity index (χ1) is 10.8. The van der Waals surface area contributed by atoms with Gasteiger partial charge in [0.15, 0.2) is 0 Å². The number of fused-ring (bicyclic) bond motifs is 1. The van der Waals surface area contributed by atoms with Crippen molar-refractivity contribution in [3.05, 3.63) is 47.0 Å². The Kier molecular flexibility index (Phi) is 4.91. The number of benzene rings is 1. The van der Waals surface area contributed by atoms with Crippen LogP contribution in [0.3, 0.4) is 0 Å². The summed E-state index contributed by atoms with van der Waals surface area (Å²) in [5.41, 5.74) is 2.34. The first kappa shape index (κ1) is 17.2. The SMILES string of the molecule is CC1c2ccccc2CCN1C(=O)/C(C#N)=C/C(C)(C)N(C)C. The highest BCUT2D eigenvalue weighted by molar-refractivity contribution is 5.97. The van der Waals surface area contributed by atoms with Gasteiger partial charge in [0.1, 0.15) is 11.6 Å². The third-order valence-electron chi connectivity index (χ3n) is 4.86. The number of hydrogen-bond acceptors (Lipinski definition) is 3. The van der Waals surface area contributed by atoms with Gasteiger partial charge in [-0.3, -0.25) is 4.79 Å². The van der Waals surface area contributed by atoms with Gasteiger partial charge in [0, 0.05) is 12.1 Å². The zero-order valence-electron chi connectivity index (χ0n) is 14.6. The highest BCUT2D eigenvalue weighted by atomic mass is 16.2. The van der Waals surface area contributed by atoms with Crippen molar-refractivity contribution in [3.8, 4) is 6.07 Å². The van der Waals surface area contributed by atoms with Gasteiger partial charge in [0.25, 0.3) is 5.91 Å². The normalized spacial score (nSPS) is 18.6. The molecule has 4 heteroatoms. The Balaban J connectivity index is 2.30. The molecule has 0 fully saturated rings. The summed E-state index contributed by atoms with van der Waals surface area (Å²) in [6, 6.07) is 10.3. The quantitative estimate of drug-likeness (QED) is 0.637. The number of amides is 1. The first-order valence-corrected chi connectivity index (χ1v) is 7.97. The Morgan fingerprint density at radius 2 is 2.04 bits per heavy atom. The Labute approximate surface area is 139 Å². The highest BCUT2D eigenvalue weighted by Crippen LogP contribution is 2.30. The summed E-state index contributed by atoms with van der Waals surface area (Å²) in [6.07, 6.45) is 2.60. The largest absolute Gasteiger partial charge is 0.331 e. The van der Waals surface area contributed by atoms with E-state index in [-0.39, 0.29) is 23.1 Å². The van der Waals surface area contributed by atoms with E-state index in [1.807, 2.05) is 56.8 Å². The lowest BCUT2D eigenvalue weighted by Crippen LogP contribution is -2.41. The molecular formula is C19H25N3O. The van der Waals surface area contributed by atoms with Gasteiger partial charge in [-0.1, -0.05) is 24.3 Å². The van der Waals surface area contributed by atoms with Crippen molar-refractivity contribution >= 4 is 5.91 Å². The third-order valence-corrected chi connectivity index (χ3v) is 4.86. The van der Waals surface area contributed by atoms with Crippen molar-refractivity contribution in [2.75, 3.05) is 20.6 Å². The number of nitriles is 1. The molecule has 1 heterocycles. The molecule has 0 saturated carbocycles. The molecule has 0 spiro atoms. The zero-order valence-corrected chi connectivity index (χ0v) is 14.6. The van der Waals surface area contributed by atoms with Crippen LogP contribution in [0.2, 0.25) is 0 Å². The molecule has 2 rings (SSSR count). The van der Waals surface area contributed by atoms with Gasteiger partial charge in [-0.05, 0) is 58.5 Å². The molecule has 0 bridgehead atoms. The lowest BCUT2D eigenvalue weighted by molar-refractivity contribution is -0.129. The Hall–Kier alpha value is -2.12. The average molecular weight is 311 g/mol. The maximum Gasteiger partial charge on any atom is 0.264 e. The van der Waals surface area contributed by atoms with Crippen LogP contribution in [-0.2, 0) is 11.2 Å². The molecule has 122 valence electrons. The Morgan fingerprint density at radius 1 is 1.39 bits per heavy atom. The van der Waals surface area contributed by atoms with Crippen LogP contribution in [0, 0.1) is 11.3 Å². The number of carbonyl (C=O) groups is 1. The molecule has 1 atom stereocenters. The predicted molar refractivity (Wildman–Crippen MR) is 91.7 cm³/mol. The number of hydrogen-bond donors (Lipinski definition) is 0. The second-order valence-electron chi connectivity index (χ2n) is 6.84. The summed E-state index contributed by atoms with van der Waals surface area (Å²) in [6.45, 7) is 6.67. The van der Waals surface area contributed by atoms with Gasteiger partial charge in [0.05, 0.1) is 6.04 Å². The second kappa shape index (κ2) is 6.55. The average Bonchev–Trinajstić information content (AvgIpc) is 2.52. The number of carbonyl (C=O) groups excluding carboxylic acids is 1. The van der Waals surface area contributed by atoms with Gasteiger partial charge in [0.2, 0.25) is 0 Å². The molecule has 1 amide bonds. The van der Waals surface area contributed by atoms with Crippen molar-refractivity contribution in [1.82, 2.24) is 9.80 Å². The molecule has 0 saturated heterocycles. The second-order valence-corrected chi connectivity index (χ2v) is 6.84. The summed E-state index contributed by atoms with van der Waals surface area (Å²) in [7, 11) is 3.88. The van der Waals surface area contributed by atoms with Crippen LogP contribution in [0.15, 0.2) is 35.9 Å². The van der Waals surface area contributed by atoms with Crippen molar-refractivity contribution < 1.29 is 4.79 Å². The van der Waals surface area contributed by atoms with E-state index >= 15 is 0 Å².